The fraction of sp³-hybridized carbons (Fsp3) is 0.381. The maximum absolute atomic E-state index is 12.3. The van der Waals surface area contributed by atoms with Gasteiger partial charge in [0.25, 0.3) is 0 Å². The highest BCUT2D eigenvalue weighted by atomic mass is 32.1. The van der Waals surface area contributed by atoms with Gasteiger partial charge in [0.2, 0.25) is 0 Å². The van der Waals surface area contributed by atoms with E-state index in [9.17, 15) is 4.79 Å². The van der Waals surface area contributed by atoms with E-state index in [2.05, 4.69) is 35.7 Å². The van der Waals surface area contributed by atoms with Gasteiger partial charge in [-0.3, -0.25) is 4.79 Å². The van der Waals surface area contributed by atoms with Crippen molar-refractivity contribution < 1.29 is 9.53 Å². The monoisotopic (exact) mass is 357 g/mol. The van der Waals surface area contributed by atoms with Crippen LogP contribution in [0.3, 0.4) is 0 Å². The van der Waals surface area contributed by atoms with E-state index in [1.165, 1.54) is 5.69 Å². The molecule has 0 saturated carbocycles. The Morgan fingerprint density at radius 1 is 1.16 bits per heavy atom. The summed E-state index contributed by atoms with van der Waals surface area (Å²) in [6, 6.07) is 12.2. The van der Waals surface area contributed by atoms with E-state index in [0.717, 1.165) is 53.5 Å². The van der Waals surface area contributed by atoms with Gasteiger partial charge in [-0.2, -0.15) is 0 Å². The van der Waals surface area contributed by atoms with Crippen molar-refractivity contribution in [2.24, 2.45) is 0 Å². The smallest absolute Gasteiger partial charge is 0.162 e. The molecule has 1 fully saturated rings. The third-order valence-corrected chi connectivity index (χ3v) is 4.96. The second-order valence-electron chi connectivity index (χ2n) is 6.03. The van der Waals surface area contributed by atoms with Gasteiger partial charge in [-0.1, -0.05) is 38.6 Å². The van der Waals surface area contributed by atoms with Crippen molar-refractivity contribution in [1.29, 1.82) is 0 Å². The summed E-state index contributed by atoms with van der Waals surface area (Å²) in [5.41, 5.74) is 5.17. The largest absolute Gasteiger partial charge is 0.378 e. The Hall–Kier alpha value is -1.78. The van der Waals surface area contributed by atoms with E-state index in [1.54, 1.807) is 0 Å². The SMILES string of the molecule is C.CCC(=O)c1ccc(S)c(-c2ccccc2N2CCOCC2)c1C. The topological polar surface area (TPSA) is 29.5 Å². The number of nitrogens with zero attached hydrogens (tertiary/aromatic N) is 1. The molecule has 0 aliphatic carbocycles. The van der Waals surface area contributed by atoms with Crippen molar-refractivity contribution in [3.8, 4) is 11.1 Å². The first kappa shape index (κ1) is 19.5. The Balaban J connectivity index is 0.00000225. The normalized spacial score (nSPS) is 14.1. The molecule has 0 radical (unpaired) electrons. The van der Waals surface area contributed by atoms with Crippen LogP contribution in [0.4, 0.5) is 5.69 Å². The molecule has 0 bridgehead atoms. The first-order chi connectivity index (χ1) is 11.6. The molecule has 1 saturated heterocycles. The van der Waals surface area contributed by atoms with E-state index in [4.69, 9.17) is 4.74 Å². The van der Waals surface area contributed by atoms with E-state index in [0.29, 0.717) is 6.42 Å². The molecule has 0 aromatic heterocycles. The molecule has 0 unspecified atom stereocenters. The highest BCUT2D eigenvalue weighted by Gasteiger charge is 2.20. The first-order valence-electron chi connectivity index (χ1n) is 8.41. The summed E-state index contributed by atoms with van der Waals surface area (Å²) in [6.45, 7) is 7.17. The zero-order valence-corrected chi connectivity index (χ0v) is 15.1. The van der Waals surface area contributed by atoms with Crippen molar-refractivity contribution in [3.63, 3.8) is 0 Å². The quantitative estimate of drug-likeness (QED) is 0.616. The van der Waals surface area contributed by atoms with Crippen molar-refractivity contribution in [3.05, 3.63) is 47.5 Å². The number of ketones is 1. The second kappa shape index (κ2) is 8.54. The molecule has 0 atom stereocenters. The van der Waals surface area contributed by atoms with Crippen LogP contribution in [0.15, 0.2) is 41.3 Å². The average molecular weight is 358 g/mol. The van der Waals surface area contributed by atoms with Crippen LogP contribution in [-0.4, -0.2) is 32.1 Å². The lowest BCUT2D eigenvalue weighted by atomic mass is 9.92. The number of benzene rings is 2. The molecule has 3 rings (SSSR count). The van der Waals surface area contributed by atoms with Gasteiger partial charge in [0, 0.05) is 46.8 Å². The molecular weight excluding hydrogens is 330 g/mol. The number of ether oxygens (including phenoxy) is 1. The van der Waals surface area contributed by atoms with Crippen LogP contribution in [0.1, 0.15) is 36.7 Å². The third-order valence-electron chi connectivity index (χ3n) is 4.59. The highest BCUT2D eigenvalue weighted by molar-refractivity contribution is 7.80. The van der Waals surface area contributed by atoms with Crippen LogP contribution in [-0.2, 0) is 4.74 Å². The van der Waals surface area contributed by atoms with Crippen molar-refractivity contribution in [2.75, 3.05) is 31.2 Å². The lowest BCUT2D eigenvalue weighted by molar-refractivity contribution is 0.0987. The lowest BCUT2D eigenvalue weighted by Crippen LogP contribution is -2.36. The number of carbonyl (C=O) groups is 1. The van der Waals surface area contributed by atoms with Crippen molar-refractivity contribution in [2.45, 2.75) is 32.6 Å². The predicted octanol–water partition coefficient (Wildman–Crippen LogP) is 5.02. The minimum Gasteiger partial charge on any atom is -0.378 e. The first-order valence-corrected chi connectivity index (χ1v) is 8.86. The van der Waals surface area contributed by atoms with E-state index in [1.807, 2.05) is 32.0 Å². The minimum absolute atomic E-state index is 0. The molecule has 2 aromatic carbocycles. The van der Waals surface area contributed by atoms with Crippen LogP contribution >= 0.6 is 12.6 Å². The molecule has 1 aliphatic heterocycles. The Bertz CT molecular complexity index is 752. The highest BCUT2D eigenvalue weighted by Crippen LogP contribution is 2.38. The number of para-hydroxylation sites is 1. The van der Waals surface area contributed by atoms with E-state index < -0.39 is 0 Å². The lowest BCUT2D eigenvalue weighted by Gasteiger charge is -2.31. The molecule has 0 N–H and O–H groups in total. The average Bonchev–Trinajstić information content (AvgIpc) is 2.62. The molecule has 1 aliphatic rings. The molecule has 2 aromatic rings. The van der Waals surface area contributed by atoms with Crippen LogP contribution < -0.4 is 4.90 Å². The van der Waals surface area contributed by atoms with Crippen molar-refractivity contribution in [1.82, 2.24) is 0 Å². The number of hydrogen-bond acceptors (Lipinski definition) is 4. The Kier molecular flexibility index (Phi) is 6.68. The number of anilines is 1. The van der Waals surface area contributed by atoms with Gasteiger partial charge in [0.05, 0.1) is 13.2 Å². The molecule has 25 heavy (non-hydrogen) atoms. The van der Waals surface area contributed by atoms with Gasteiger partial charge in [-0.25, -0.2) is 0 Å². The summed E-state index contributed by atoms with van der Waals surface area (Å²) in [7, 11) is 0. The molecule has 0 amide bonds. The van der Waals surface area contributed by atoms with Crippen molar-refractivity contribution >= 4 is 24.1 Å². The molecular formula is C21H27NO2S. The maximum Gasteiger partial charge on any atom is 0.162 e. The van der Waals surface area contributed by atoms with Crippen LogP contribution in [0.5, 0.6) is 0 Å². The Labute approximate surface area is 156 Å². The number of hydrogen-bond donors (Lipinski definition) is 1. The summed E-state index contributed by atoms with van der Waals surface area (Å²) in [5.74, 6) is 0.172. The molecule has 0 spiro atoms. The summed E-state index contributed by atoms with van der Waals surface area (Å²) >= 11 is 4.68. The van der Waals surface area contributed by atoms with E-state index >= 15 is 0 Å². The molecule has 4 heteroatoms. The third kappa shape index (κ3) is 3.91. The number of carbonyl (C=O) groups excluding carboxylic acids is 1. The number of Topliss-reactive ketones (excluding diaryl/α,β-unsaturated/α-hetero) is 1. The molecule has 3 nitrogen and oxygen atoms in total. The summed E-state index contributed by atoms with van der Waals surface area (Å²) < 4.78 is 5.48. The fourth-order valence-corrected chi connectivity index (χ4v) is 3.66. The number of rotatable bonds is 4. The van der Waals surface area contributed by atoms with Gasteiger partial charge in [-0.05, 0) is 24.6 Å². The van der Waals surface area contributed by atoms with Gasteiger partial charge in [0.15, 0.2) is 5.78 Å². The van der Waals surface area contributed by atoms with Crippen LogP contribution in [0.2, 0.25) is 0 Å². The minimum atomic E-state index is 0. The molecule has 134 valence electrons. The number of thiol groups is 1. The van der Waals surface area contributed by atoms with Gasteiger partial charge in [-0.15, -0.1) is 12.6 Å². The van der Waals surface area contributed by atoms with Gasteiger partial charge in [0.1, 0.15) is 0 Å². The summed E-state index contributed by atoms with van der Waals surface area (Å²) in [5, 5.41) is 0. The zero-order chi connectivity index (χ0) is 17.1. The van der Waals surface area contributed by atoms with Crippen LogP contribution in [0, 0.1) is 6.92 Å². The standard InChI is InChI=1S/C20H23NO2S.CH4/c1-3-18(22)15-8-9-19(24)20(14(15)2)16-6-4-5-7-17(16)21-10-12-23-13-11-21;/h4-9,24H,3,10-13H2,1-2H3;1H4. The van der Waals surface area contributed by atoms with Gasteiger partial charge < -0.3 is 9.64 Å². The van der Waals surface area contributed by atoms with E-state index in [-0.39, 0.29) is 13.2 Å². The number of morpholine rings is 1. The second-order valence-corrected chi connectivity index (χ2v) is 6.51. The van der Waals surface area contributed by atoms with Gasteiger partial charge >= 0.3 is 0 Å². The summed E-state index contributed by atoms with van der Waals surface area (Å²) in [4.78, 5) is 15.5. The Morgan fingerprint density at radius 3 is 2.52 bits per heavy atom. The maximum atomic E-state index is 12.3. The molecule has 1 heterocycles. The predicted molar refractivity (Wildman–Crippen MR) is 108 cm³/mol. The zero-order valence-electron chi connectivity index (χ0n) is 14.2. The van der Waals surface area contributed by atoms with Crippen LogP contribution in [0.25, 0.3) is 11.1 Å². The fourth-order valence-electron chi connectivity index (χ4n) is 3.29. The Morgan fingerprint density at radius 2 is 1.84 bits per heavy atom. The summed E-state index contributed by atoms with van der Waals surface area (Å²) in [6.07, 6.45) is 0.511.